The van der Waals surface area contributed by atoms with Gasteiger partial charge in [-0.25, -0.2) is 0 Å². The molecule has 0 unspecified atom stereocenters. The fourth-order valence-corrected chi connectivity index (χ4v) is 5.68. The molecule has 1 aliphatic heterocycles. The van der Waals surface area contributed by atoms with E-state index in [0.29, 0.717) is 22.0 Å². The molecule has 0 spiro atoms. The summed E-state index contributed by atoms with van der Waals surface area (Å²) in [5.41, 5.74) is 0.708. The molecule has 1 aromatic heterocycles. The van der Waals surface area contributed by atoms with Crippen molar-refractivity contribution >= 4 is 50.3 Å². The first-order valence-corrected chi connectivity index (χ1v) is 11.5. The van der Waals surface area contributed by atoms with Gasteiger partial charge in [0, 0.05) is 6.54 Å². The number of methoxy groups -OCH3 is 2. The Labute approximate surface area is 177 Å². The first-order valence-electron chi connectivity index (χ1n) is 8.32. The van der Waals surface area contributed by atoms with Crippen LogP contribution in [-0.2, 0) is 14.8 Å². The lowest BCUT2D eigenvalue weighted by molar-refractivity contribution is -0.121. The van der Waals surface area contributed by atoms with E-state index in [4.69, 9.17) is 9.47 Å². The number of thiophene rings is 1. The lowest BCUT2D eigenvalue weighted by Gasteiger charge is -2.12. The quantitative estimate of drug-likeness (QED) is 0.473. The van der Waals surface area contributed by atoms with Crippen LogP contribution in [-0.4, -0.2) is 45.2 Å². The van der Waals surface area contributed by atoms with Crippen LogP contribution in [0.25, 0.3) is 6.08 Å². The summed E-state index contributed by atoms with van der Waals surface area (Å²) in [7, 11) is -0.835. The van der Waals surface area contributed by atoms with Crippen LogP contribution in [0.3, 0.4) is 0 Å². The Bertz CT molecular complexity index is 1090. The van der Waals surface area contributed by atoms with Gasteiger partial charge in [-0.1, -0.05) is 18.2 Å². The molecule has 3 rings (SSSR count). The maximum atomic E-state index is 12.8. The highest BCUT2D eigenvalue weighted by atomic mass is 32.2. The van der Waals surface area contributed by atoms with E-state index in [1.54, 1.807) is 35.7 Å². The molecule has 0 radical (unpaired) electrons. The SMILES string of the molecule is C=CCN1C(=O)/C(=C/c2ccc(OC)c(OC)c2)S/C1=N/S(=O)(=O)c1cccs1. The van der Waals surface area contributed by atoms with Crippen LogP contribution in [0, 0.1) is 0 Å². The van der Waals surface area contributed by atoms with Crippen LogP contribution in [0.4, 0.5) is 0 Å². The topological polar surface area (TPSA) is 85.3 Å². The molecule has 0 atom stereocenters. The van der Waals surface area contributed by atoms with Gasteiger partial charge in [-0.05, 0) is 47.0 Å². The summed E-state index contributed by atoms with van der Waals surface area (Å²) in [6.45, 7) is 3.78. The highest BCUT2D eigenvalue weighted by Crippen LogP contribution is 2.35. The third kappa shape index (κ3) is 4.55. The van der Waals surface area contributed by atoms with E-state index < -0.39 is 10.0 Å². The second-order valence-electron chi connectivity index (χ2n) is 5.71. The van der Waals surface area contributed by atoms with Gasteiger partial charge in [-0.15, -0.1) is 22.3 Å². The number of hydrogen-bond acceptors (Lipinski definition) is 7. The lowest BCUT2D eigenvalue weighted by Crippen LogP contribution is -2.29. The smallest absolute Gasteiger partial charge is 0.294 e. The fraction of sp³-hybridized carbons (Fsp3) is 0.158. The number of amidine groups is 1. The number of amides is 1. The van der Waals surface area contributed by atoms with Gasteiger partial charge < -0.3 is 9.47 Å². The number of thioether (sulfide) groups is 1. The van der Waals surface area contributed by atoms with Gasteiger partial charge in [-0.2, -0.15) is 8.42 Å². The van der Waals surface area contributed by atoms with Crippen LogP contribution in [0.15, 0.2) is 61.9 Å². The van der Waals surface area contributed by atoms with E-state index in [1.807, 2.05) is 0 Å². The number of hydrogen-bond donors (Lipinski definition) is 0. The Morgan fingerprint density at radius 1 is 1.21 bits per heavy atom. The highest BCUT2D eigenvalue weighted by molar-refractivity contribution is 8.19. The van der Waals surface area contributed by atoms with Crippen molar-refractivity contribution in [2.45, 2.75) is 4.21 Å². The van der Waals surface area contributed by atoms with Crippen LogP contribution in [0.1, 0.15) is 5.56 Å². The zero-order chi connectivity index (χ0) is 21.0. The molecule has 10 heteroatoms. The number of ether oxygens (including phenoxy) is 2. The first-order chi connectivity index (χ1) is 13.9. The lowest BCUT2D eigenvalue weighted by atomic mass is 10.2. The molecule has 152 valence electrons. The standard InChI is InChI=1S/C19H18N2O5S3/c1-4-9-21-18(22)16(12-13-7-8-14(25-2)15(11-13)26-3)28-19(21)20-29(23,24)17-6-5-10-27-17/h4-8,10-12H,1,9H2,2-3H3/b16-12-,20-19+. The monoisotopic (exact) mass is 450 g/mol. The molecule has 1 aliphatic rings. The molecule has 1 amide bonds. The number of sulfonamides is 1. The average molecular weight is 451 g/mol. The molecule has 1 aromatic carbocycles. The van der Waals surface area contributed by atoms with Crippen molar-refractivity contribution < 1.29 is 22.7 Å². The summed E-state index contributed by atoms with van der Waals surface area (Å²) in [4.78, 5) is 14.5. The molecule has 0 aliphatic carbocycles. The number of carbonyl (C=O) groups excluding carboxylic acids is 1. The molecule has 29 heavy (non-hydrogen) atoms. The molecule has 0 N–H and O–H groups in total. The van der Waals surface area contributed by atoms with E-state index in [1.165, 1.54) is 31.3 Å². The maximum Gasteiger partial charge on any atom is 0.294 e. The number of nitrogens with zero attached hydrogens (tertiary/aromatic N) is 2. The molecular weight excluding hydrogens is 432 g/mol. The van der Waals surface area contributed by atoms with E-state index in [2.05, 4.69) is 11.0 Å². The number of benzene rings is 1. The first kappa shape index (κ1) is 21.2. The van der Waals surface area contributed by atoms with Crippen molar-refractivity contribution in [2.75, 3.05) is 20.8 Å². The van der Waals surface area contributed by atoms with E-state index in [0.717, 1.165) is 23.1 Å². The zero-order valence-corrected chi connectivity index (χ0v) is 18.1. The molecule has 0 bridgehead atoms. The normalized spacial score (nSPS) is 17.2. The molecule has 2 aromatic rings. The summed E-state index contributed by atoms with van der Waals surface area (Å²) in [5.74, 6) is 0.747. The van der Waals surface area contributed by atoms with Crippen LogP contribution < -0.4 is 9.47 Å². The van der Waals surface area contributed by atoms with Crippen molar-refractivity contribution in [2.24, 2.45) is 4.40 Å². The van der Waals surface area contributed by atoms with E-state index in [-0.39, 0.29) is 21.8 Å². The summed E-state index contributed by atoms with van der Waals surface area (Å²) in [5, 5.41) is 1.75. The Morgan fingerprint density at radius 2 is 1.97 bits per heavy atom. The Morgan fingerprint density at radius 3 is 2.59 bits per heavy atom. The van der Waals surface area contributed by atoms with Crippen molar-refractivity contribution in [1.82, 2.24) is 4.90 Å². The molecule has 2 heterocycles. The number of rotatable bonds is 7. The van der Waals surface area contributed by atoms with Crippen molar-refractivity contribution in [3.05, 3.63) is 58.8 Å². The maximum absolute atomic E-state index is 12.8. The Kier molecular flexibility index (Phi) is 6.46. The van der Waals surface area contributed by atoms with Gasteiger partial charge in [0.05, 0.1) is 19.1 Å². The minimum Gasteiger partial charge on any atom is -0.493 e. The Balaban J connectivity index is 1.98. The van der Waals surface area contributed by atoms with Crippen molar-refractivity contribution in [3.63, 3.8) is 0 Å². The van der Waals surface area contributed by atoms with Gasteiger partial charge in [0.25, 0.3) is 15.9 Å². The summed E-state index contributed by atoms with van der Waals surface area (Å²) in [6.07, 6.45) is 3.18. The third-order valence-electron chi connectivity index (χ3n) is 3.85. The predicted molar refractivity (Wildman–Crippen MR) is 116 cm³/mol. The third-order valence-corrected chi connectivity index (χ3v) is 7.61. The molecule has 1 fully saturated rings. The van der Waals surface area contributed by atoms with Gasteiger partial charge in [-0.3, -0.25) is 9.69 Å². The van der Waals surface area contributed by atoms with Gasteiger partial charge in [0.1, 0.15) is 4.21 Å². The van der Waals surface area contributed by atoms with E-state index >= 15 is 0 Å². The summed E-state index contributed by atoms with van der Waals surface area (Å²) in [6, 6.07) is 8.35. The van der Waals surface area contributed by atoms with Crippen molar-refractivity contribution in [3.8, 4) is 11.5 Å². The van der Waals surface area contributed by atoms with Crippen LogP contribution in [0.2, 0.25) is 0 Å². The fourth-order valence-electron chi connectivity index (χ4n) is 2.52. The van der Waals surface area contributed by atoms with Gasteiger partial charge in [0.2, 0.25) is 0 Å². The van der Waals surface area contributed by atoms with Gasteiger partial charge in [0.15, 0.2) is 16.7 Å². The van der Waals surface area contributed by atoms with Crippen LogP contribution >= 0.6 is 23.1 Å². The predicted octanol–water partition coefficient (Wildman–Crippen LogP) is 3.61. The molecule has 7 nitrogen and oxygen atoms in total. The zero-order valence-electron chi connectivity index (χ0n) is 15.7. The summed E-state index contributed by atoms with van der Waals surface area (Å²) >= 11 is 2.07. The van der Waals surface area contributed by atoms with Gasteiger partial charge >= 0.3 is 0 Å². The minimum atomic E-state index is -3.90. The average Bonchev–Trinajstić information content (AvgIpc) is 3.34. The summed E-state index contributed by atoms with van der Waals surface area (Å²) < 4.78 is 39.5. The largest absolute Gasteiger partial charge is 0.493 e. The van der Waals surface area contributed by atoms with E-state index in [9.17, 15) is 13.2 Å². The molecule has 1 saturated heterocycles. The minimum absolute atomic E-state index is 0.0926. The second-order valence-corrected chi connectivity index (χ2v) is 9.50. The molecular formula is C19H18N2O5S3. The van der Waals surface area contributed by atoms with Crippen molar-refractivity contribution in [1.29, 1.82) is 0 Å². The number of carbonyl (C=O) groups is 1. The molecule has 0 saturated carbocycles. The van der Waals surface area contributed by atoms with Crippen LogP contribution in [0.5, 0.6) is 11.5 Å². The Hall–Kier alpha value is -2.56. The second kappa shape index (κ2) is 8.85. The highest BCUT2D eigenvalue weighted by Gasteiger charge is 2.34.